The number of likely N-dealkylation sites (N-methyl/N-ethyl adjacent to an activating group) is 1. The molecule has 0 saturated carbocycles. The molecule has 2 aliphatic rings. The molecule has 0 bridgehead atoms. The molecule has 3 aromatic carbocycles. The summed E-state index contributed by atoms with van der Waals surface area (Å²) in [4.78, 5) is 65.9. The van der Waals surface area contributed by atoms with Crippen LogP contribution in [0.1, 0.15) is 108 Å². The zero-order valence-corrected chi connectivity index (χ0v) is 38.3. The Morgan fingerprint density at radius 2 is 1.45 bits per heavy atom. The molecule has 1 atom stereocenters. The van der Waals surface area contributed by atoms with Crippen molar-refractivity contribution < 1.29 is 42.9 Å². The molecule has 65 heavy (non-hydrogen) atoms. The van der Waals surface area contributed by atoms with Gasteiger partial charge in [-0.25, -0.2) is 9.97 Å². The van der Waals surface area contributed by atoms with Crippen molar-refractivity contribution in [3.63, 3.8) is 0 Å². The van der Waals surface area contributed by atoms with Gasteiger partial charge < -0.3 is 44.1 Å². The van der Waals surface area contributed by atoms with E-state index in [0.717, 1.165) is 56.4 Å². The Labute approximate surface area is 382 Å². The molecular formula is C50H64N6O9. The van der Waals surface area contributed by atoms with Gasteiger partial charge in [0.2, 0.25) is 0 Å². The molecule has 6 rings (SSSR count). The van der Waals surface area contributed by atoms with Crippen molar-refractivity contribution in [1.82, 2.24) is 20.2 Å². The number of fused-ring (bicyclic) bond motifs is 1. The van der Waals surface area contributed by atoms with Crippen LogP contribution in [0.5, 0.6) is 0 Å². The highest BCUT2D eigenvalue weighted by Crippen LogP contribution is 2.33. The Balaban J connectivity index is 0.979. The summed E-state index contributed by atoms with van der Waals surface area (Å²) in [5.41, 5.74) is 4.84. The van der Waals surface area contributed by atoms with Crippen LogP contribution in [-0.2, 0) is 34.9 Å². The maximum Gasteiger partial charge on any atom is 0.308 e. The number of benzene rings is 3. The van der Waals surface area contributed by atoms with E-state index in [1.807, 2.05) is 51.1 Å². The Bertz CT molecular complexity index is 2210. The third kappa shape index (κ3) is 15.2. The van der Waals surface area contributed by atoms with Gasteiger partial charge in [-0.15, -0.1) is 0 Å². The first-order chi connectivity index (χ1) is 31.4. The SMILES string of the molecule is CN(CCOCCOCCOCCOCCC(=O)OC(C)(C)C)C(=O)c1cccc(C(=O)Nc2ccc(N3CCCCC3)cc2-c2nccc(C(=O)N[C@H]3CCCc4ccccc43)n2)c1. The van der Waals surface area contributed by atoms with Crippen molar-refractivity contribution in [2.75, 3.05) is 89.8 Å². The highest BCUT2D eigenvalue weighted by atomic mass is 16.6. The number of nitrogens with zero attached hydrogens (tertiary/aromatic N) is 4. The van der Waals surface area contributed by atoms with E-state index in [0.29, 0.717) is 81.0 Å². The van der Waals surface area contributed by atoms with Crippen LogP contribution >= 0.6 is 0 Å². The summed E-state index contributed by atoms with van der Waals surface area (Å²) in [7, 11) is 1.69. The summed E-state index contributed by atoms with van der Waals surface area (Å²) < 4.78 is 27.4. The highest BCUT2D eigenvalue weighted by Gasteiger charge is 2.24. The van der Waals surface area contributed by atoms with Gasteiger partial charge in [-0.3, -0.25) is 19.2 Å². The van der Waals surface area contributed by atoms with Gasteiger partial charge >= 0.3 is 5.97 Å². The molecule has 3 amide bonds. The van der Waals surface area contributed by atoms with Crippen molar-refractivity contribution in [2.24, 2.45) is 0 Å². The fourth-order valence-electron chi connectivity index (χ4n) is 7.75. The quantitative estimate of drug-likeness (QED) is 0.0609. The second-order valence-electron chi connectivity index (χ2n) is 17.2. The van der Waals surface area contributed by atoms with E-state index in [-0.39, 0.29) is 42.5 Å². The van der Waals surface area contributed by atoms with Gasteiger partial charge in [-0.1, -0.05) is 30.3 Å². The van der Waals surface area contributed by atoms with Crippen LogP contribution in [0.3, 0.4) is 0 Å². The normalized spacial score (nSPS) is 14.9. The number of nitrogens with one attached hydrogen (secondary N) is 2. The third-order valence-electron chi connectivity index (χ3n) is 11.1. The van der Waals surface area contributed by atoms with Gasteiger partial charge in [-0.2, -0.15) is 0 Å². The van der Waals surface area contributed by atoms with Crippen LogP contribution in [0.25, 0.3) is 11.4 Å². The molecule has 15 nitrogen and oxygen atoms in total. The molecule has 0 unspecified atom stereocenters. The number of piperidine rings is 1. The van der Waals surface area contributed by atoms with E-state index < -0.39 is 11.5 Å². The standard InChI is InChI=1S/C50H64N6O9/c1-50(2,3)65-45(57)21-26-61-28-30-63-32-33-64-31-29-62-27-25-55(4)49(60)38-15-10-14-37(34-38)47(58)53-43-19-18-39(56-23-8-5-9-24-56)35-41(43)46-51-22-20-44(52-46)48(59)54-42-17-11-13-36-12-6-7-16-40(36)42/h6-7,10,12,14-16,18-20,22,34-35,42H,5,8-9,11,13,17,21,23-33H2,1-4H3,(H,53,58)(H,54,59)/t42-/m0/s1. The van der Waals surface area contributed by atoms with Crippen LogP contribution in [0.2, 0.25) is 0 Å². The highest BCUT2D eigenvalue weighted by molar-refractivity contribution is 6.08. The molecule has 2 heterocycles. The predicted molar refractivity (Wildman–Crippen MR) is 248 cm³/mol. The minimum absolute atomic E-state index is 0.105. The molecule has 1 aliphatic heterocycles. The maximum atomic E-state index is 13.9. The lowest BCUT2D eigenvalue weighted by molar-refractivity contribution is -0.156. The zero-order valence-electron chi connectivity index (χ0n) is 38.3. The fraction of sp³-hybridized carbons (Fsp3) is 0.480. The lowest BCUT2D eigenvalue weighted by Crippen LogP contribution is -2.31. The van der Waals surface area contributed by atoms with E-state index in [1.54, 1.807) is 48.5 Å². The van der Waals surface area contributed by atoms with E-state index in [9.17, 15) is 19.2 Å². The summed E-state index contributed by atoms with van der Waals surface area (Å²) in [5, 5.41) is 6.24. The number of aromatic nitrogens is 2. The number of carbonyl (C=O) groups excluding carboxylic acids is 4. The second kappa shape index (κ2) is 24.5. The van der Waals surface area contributed by atoms with Gasteiger partial charge in [-0.05, 0) is 113 Å². The van der Waals surface area contributed by atoms with Crippen LogP contribution in [0.15, 0.2) is 79.0 Å². The molecule has 15 heteroatoms. The summed E-state index contributed by atoms with van der Waals surface area (Å²) in [6, 6.07) is 22.1. The first-order valence-electron chi connectivity index (χ1n) is 22.8. The first kappa shape index (κ1) is 48.7. The van der Waals surface area contributed by atoms with Gasteiger partial charge in [0.15, 0.2) is 5.82 Å². The number of esters is 1. The van der Waals surface area contributed by atoms with Crippen molar-refractivity contribution in [1.29, 1.82) is 0 Å². The average Bonchev–Trinajstić information content (AvgIpc) is 3.31. The average molecular weight is 893 g/mol. The number of carbonyl (C=O) groups is 4. The zero-order chi connectivity index (χ0) is 46.0. The monoisotopic (exact) mass is 892 g/mol. The molecular weight excluding hydrogens is 829 g/mol. The molecule has 348 valence electrons. The van der Waals surface area contributed by atoms with Crippen LogP contribution in [0.4, 0.5) is 11.4 Å². The number of hydrogen-bond donors (Lipinski definition) is 2. The van der Waals surface area contributed by atoms with Gasteiger partial charge in [0, 0.05) is 55.3 Å². The van der Waals surface area contributed by atoms with Crippen molar-refractivity contribution in [3.05, 3.63) is 107 Å². The van der Waals surface area contributed by atoms with E-state index >= 15 is 0 Å². The molecule has 4 aromatic rings. The van der Waals surface area contributed by atoms with E-state index in [1.165, 1.54) is 12.0 Å². The Kier molecular flexibility index (Phi) is 18.4. The minimum Gasteiger partial charge on any atom is -0.460 e. The summed E-state index contributed by atoms with van der Waals surface area (Å²) in [6.45, 7) is 10.5. The molecule has 0 spiro atoms. The number of rotatable bonds is 22. The van der Waals surface area contributed by atoms with Gasteiger partial charge in [0.1, 0.15) is 11.3 Å². The molecule has 1 fully saturated rings. The number of anilines is 2. The Hall–Kier alpha value is -5.74. The summed E-state index contributed by atoms with van der Waals surface area (Å²) in [5.74, 6) is -0.919. The topological polar surface area (TPSA) is 171 Å². The van der Waals surface area contributed by atoms with Crippen molar-refractivity contribution in [2.45, 2.75) is 77.4 Å². The van der Waals surface area contributed by atoms with Crippen LogP contribution in [0, 0.1) is 0 Å². The lowest BCUT2D eigenvalue weighted by Gasteiger charge is -2.29. The fourth-order valence-corrected chi connectivity index (χ4v) is 7.75. The van der Waals surface area contributed by atoms with Crippen LogP contribution < -0.4 is 15.5 Å². The molecule has 0 radical (unpaired) electrons. The Morgan fingerprint density at radius 3 is 2.18 bits per heavy atom. The van der Waals surface area contributed by atoms with E-state index in [2.05, 4.69) is 32.7 Å². The van der Waals surface area contributed by atoms with Crippen molar-refractivity contribution in [3.8, 4) is 11.4 Å². The molecule has 1 saturated heterocycles. The van der Waals surface area contributed by atoms with Crippen molar-refractivity contribution >= 4 is 35.1 Å². The number of amides is 3. The largest absolute Gasteiger partial charge is 0.460 e. The summed E-state index contributed by atoms with van der Waals surface area (Å²) >= 11 is 0. The number of aryl methyl sites for hydroxylation is 1. The number of hydrogen-bond acceptors (Lipinski definition) is 12. The molecule has 2 N–H and O–H groups in total. The molecule has 1 aromatic heterocycles. The molecule has 1 aliphatic carbocycles. The summed E-state index contributed by atoms with van der Waals surface area (Å²) in [6.07, 6.45) is 7.97. The first-order valence-corrected chi connectivity index (χ1v) is 22.8. The van der Waals surface area contributed by atoms with Gasteiger partial charge in [0.25, 0.3) is 17.7 Å². The predicted octanol–water partition coefficient (Wildman–Crippen LogP) is 7.06. The lowest BCUT2D eigenvalue weighted by atomic mass is 9.87. The van der Waals surface area contributed by atoms with Gasteiger partial charge in [0.05, 0.1) is 71.0 Å². The second-order valence-corrected chi connectivity index (χ2v) is 17.2. The number of ether oxygens (including phenoxy) is 5. The minimum atomic E-state index is -0.508. The van der Waals surface area contributed by atoms with E-state index in [4.69, 9.17) is 28.7 Å². The van der Waals surface area contributed by atoms with Crippen LogP contribution in [-0.4, -0.2) is 124 Å². The third-order valence-corrected chi connectivity index (χ3v) is 11.1. The smallest absolute Gasteiger partial charge is 0.308 e. The Morgan fingerprint density at radius 1 is 0.754 bits per heavy atom. The maximum absolute atomic E-state index is 13.9.